The number of pyridine rings is 1. The number of aromatic nitrogens is 5. The Hall–Kier alpha value is -1.54. The Morgan fingerprint density at radius 2 is 2.24 bits per heavy atom. The van der Waals surface area contributed by atoms with E-state index in [1.54, 1.807) is 10.7 Å². The fourth-order valence-electron chi connectivity index (χ4n) is 1.53. The first-order valence-electron chi connectivity index (χ1n) is 4.75. The number of nitrogen functional groups attached to an aromatic ring is 1. The van der Waals surface area contributed by atoms with E-state index >= 15 is 0 Å². The maximum Gasteiger partial charge on any atom is 0.240 e. The van der Waals surface area contributed by atoms with Crippen molar-refractivity contribution in [2.45, 2.75) is 6.92 Å². The summed E-state index contributed by atoms with van der Waals surface area (Å²) in [6, 6.07) is 1.93. The van der Waals surface area contributed by atoms with Crippen LogP contribution in [0.25, 0.3) is 16.2 Å². The fourth-order valence-corrected chi connectivity index (χ4v) is 2.66. The van der Waals surface area contributed by atoms with Crippen LogP contribution in [0.5, 0.6) is 0 Å². The van der Waals surface area contributed by atoms with E-state index in [1.165, 1.54) is 11.3 Å². The van der Waals surface area contributed by atoms with Gasteiger partial charge in [-0.3, -0.25) is 0 Å². The molecule has 0 aliphatic heterocycles. The Kier molecular flexibility index (Phi) is 2.33. The van der Waals surface area contributed by atoms with Crippen molar-refractivity contribution >= 4 is 38.9 Å². The van der Waals surface area contributed by atoms with E-state index in [2.05, 4.69) is 36.2 Å². The molecule has 3 aromatic heterocycles. The molecule has 0 aliphatic rings. The molecule has 17 heavy (non-hydrogen) atoms. The molecule has 3 aromatic rings. The third-order valence-corrected chi connectivity index (χ3v) is 3.48. The molecule has 86 valence electrons. The highest BCUT2D eigenvalue weighted by Gasteiger charge is 2.13. The number of anilines is 1. The van der Waals surface area contributed by atoms with Crippen LogP contribution in [0.2, 0.25) is 0 Å². The van der Waals surface area contributed by atoms with Crippen molar-refractivity contribution in [3.8, 4) is 10.6 Å². The molecule has 0 bridgehead atoms. The lowest BCUT2D eigenvalue weighted by Gasteiger charge is -1.99. The normalized spacial score (nSPS) is 11.2. The number of nitrogens with two attached hydrogens (primary N) is 1. The number of aryl methyl sites for hydroxylation is 1. The highest BCUT2D eigenvalue weighted by molar-refractivity contribution is 9.10. The van der Waals surface area contributed by atoms with Crippen LogP contribution in [0.3, 0.4) is 0 Å². The van der Waals surface area contributed by atoms with E-state index in [0.717, 1.165) is 20.1 Å². The molecule has 6 nitrogen and oxygen atoms in total. The van der Waals surface area contributed by atoms with Crippen LogP contribution >= 0.6 is 27.3 Å². The molecular formula is C9H7BrN6S. The highest BCUT2D eigenvalue weighted by atomic mass is 79.9. The van der Waals surface area contributed by atoms with Gasteiger partial charge in [0, 0.05) is 10.7 Å². The van der Waals surface area contributed by atoms with Crippen LogP contribution in [0, 0.1) is 6.92 Å². The number of hydrogen-bond donors (Lipinski definition) is 1. The quantitative estimate of drug-likeness (QED) is 0.742. The number of fused-ring (bicyclic) bond motifs is 1. The SMILES string of the molecule is Cc1nnc(-c2cc(Br)cn3nc(N)nc23)s1. The molecule has 0 unspecified atom stereocenters. The van der Waals surface area contributed by atoms with Gasteiger partial charge in [0.05, 0.1) is 5.56 Å². The van der Waals surface area contributed by atoms with Crippen molar-refractivity contribution < 1.29 is 0 Å². The first-order valence-corrected chi connectivity index (χ1v) is 6.36. The summed E-state index contributed by atoms with van der Waals surface area (Å²) >= 11 is 4.93. The van der Waals surface area contributed by atoms with Gasteiger partial charge in [0.1, 0.15) is 5.01 Å². The van der Waals surface area contributed by atoms with Gasteiger partial charge in [-0.1, -0.05) is 11.3 Å². The van der Waals surface area contributed by atoms with Crippen molar-refractivity contribution in [2.24, 2.45) is 0 Å². The molecule has 8 heteroatoms. The Bertz CT molecular complexity index is 703. The van der Waals surface area contributed by atoms with Crippen molar-refractivity contribution in [1.29, 1.82) is 0 Å². The van der Waals surface area contributed by atoms with E-state index in [0.29, 0.717) is 5.65 Å². The monoisotopic (exact) mass is 310 g/mol. The first kappa shape index (κ1) is 10.6. The molecular weight excluding hydrogens is 304 g/mol. The lowest BCUT2D eigenvalue weighted by molar-refractivity contribution is 0.962. The average Bonchev–Trinajstić information content (AvgIpc) is 2.82. The second kappa shape index (κ2) is 3.74. The van der Waals surface area contributed by atoms with Crippen LogP contribution in [0.1, 0.15) is 5.01 Å². The lowest BCUT2D eigenvalue weighted by Crippen LogP contribution is -1.91. The zero-order valence-electron chi connectivity index (χ0n) is 8.75. The van der Waals surface area contributed by atoms with Gasteiger partial charge in [-0.15, -0.1) is 15.3 Å². The molecule has 0 spiro atoms. The van der Waals surface area contributed by atoms with E-state index in [-0.39, 0.29) is 5.95 Å². The summed E-state index contributed by atoms with van der Waals surface area (Å²) in [5, 5.41) is 13.9. The minimum atomic E-state index is 0.241. The minimum absolute atomic E-state index is 0.241. The average molecular weight is 311 g/mol. The third-order valence-electron chi connectivity index (χ3n) is 2.17. The lowest BCUT2D eigenvalue weighted by atomic mass is 10.3. The predicted octanol–water partition coefficient (Wildman–Crippen LogP) is 1.90. The standard InChI is InChI=1S/C9H7BrN6S/c1-4-13-14-8(17-4)6-2-5(10)3-16-7(6)12-9(11)15-16/h2-3H,1H3,(H2,11,15). The zero-order valence-corrected chi connectivity index (χ0v) is 11.2. The van der Waals surface area contributed by atoms with Gasteiger partial charge in [0.25, 0.3) is 0 Å². The molecule has 3 heterocycles. The smallest absolute Gasteiger partial charge is 0.240 e. The van der Waals surface area contributed by atoms with E-state index < -0.39 is 0 Å². The molecule has 0 amide bonds. The van der Waals surface area contributed by atoms with Gasteiger partial charge in [-0.25, -0.2) is 4.52 Å². The summed E-state index contributed by atoms with van der Waals surface area (Å²) < 4.78 is 2.52. The molecule has 2 N–H and O–H groups in total. The van der Waals surface area contributed by atoms with E-state index in [1.807, 2.05) is 13.0 Å². The van der Waals surface area contributed by atoms with Crippen molar-refractivity contribution in [3.63, 3.8) is 0 Å². The molecule has 0 aliphatic carbocycles. The van der Waals surface area contributed by atoms with Gasteiger partial charge >= 0.3 is 0 Å². The van der Waals surface area contributed by atoms with Crippen LogP contribution in [0.4, 0.5) is 5.95 Å². The molecule has 0 saturated carbocycles. The van der Waals surface area contributed by atoms with Crippen LogP contribution in [-0.4, -0.2) is 24.8 Å². The number of hydrogen-bond acceptors (Lipinski definition) is 6. The maximum absolute atomic E-state index is 5.60. The van der Waals surface area contributed by atoms with E-state index in [9.17, 15) is 0 Å². The Labute approximate surface area is 109 Å². The van der Waals surface area contributed by atoms with Crippen molar-refractivity contribution in [3.05, 3.63) is 21.7 Å². The number of nitrogens with zero attached hydrogens (tertiary/aromatic N) is 5. The summed E-state index contributed by atoms with van der Waals surface area (Å²) in [6.45, 7) is 1.91. The van der Waals surface area contributed by atoms with Crippen LogP contribution in [-0.2, 0) is 0 Å². The fraction of sp³-hybridized carbons (Fsp3) is 0.111. The molecule has 0 radical (unpaired) electrons. The largest absolute Gasteiger partial charge is 0.366 e. The first-order chi connectivity index (χ1) is 8.13. The van der Waals surface area contributed by atoms with Crippen molar-refractivity contribution in [2.75, 3.05) is 5.73 Å². The van der Waals surface area contributed by atoms with Gasteiger partial charge in [0.2, 0.25) is 5.95 Å². The summed E-state index contributed by atoms with van der Waals surface area (Å²) in [7, 11) is 0. The van der Waals surface area contributed by atoms with Crippen LogP contribution in [0.15, 0.2) is 16.7 Å². The second-order valence-corrected chi connectivity index (χ2v) is 5.53. The van der Waals surface area contributed by atoms with Gasteiger partial charge in [-0.2, -0.15) is 4.98 Å². The minimum Gasteiger partial charge on any atom is -0.366 e. The molecule has 0 saturated heterocycles. The second-order valence-electron chi connectivity index (χ2n) is 3.44. The molecule has 0 aromatic carbocycles. The Morgan fingerprint density at radius 1 is 1.41 bits per heavy atom. The Morgan fingerprint density at radius 3 is 2.94 bits per heavy atom. The van der Waals surface area contributed by atoms with Gasteiger partial charge in [0.15, 0.2) is 10.7 Å². The molecule has 3 rings (SSSR count). The summed E-state index contributed by atoms with van der Waals surface area (Å²) in [5.41, 5.74) is 7.15. The van der Waals surface area contributed by atoms with Gasteiger partial charge < -0.3 is 5.73 Å². The maximum atomic E-state index is 5.60. The summed E-state index contributed by atoms with van der Waals surface area (Å²) in [6.07, 6.45) is 1.80. The summed E-state index contributed by atoms with van der Waals surface area (Å²) in [4.78, 5) is 4.19. The summed E-state index contributed by atoms with van der Waals surface area (Å²) in [5.74, 6) is 0.241. The highest BCUT2D eigenvalue weighted by Crippen LogP contribution is 2.29. The predicted molar refractivity (Wildman–Crippen MR) is 68.7 cm³/mol. The van der Waals surface area contributed by atoms with Gasteiger partial charge in [-0.05, 0) is 28.9 Å². The molecule has 0 fully saturated rings. The zero-order chi connectivity index (χ0) is 12.0. The number of halogens is 1. The van der Waals surface area contributed by atoms with Crippen LogP contribution < -0.4 is 5.73 Å². The van der Waals surface area contributed by atoms with Crippen molar-refractivity contribution in [1.82, 2.24) is 24.8 Å². The van der Waals surface area contributed by atoms with E-state index in [4.69, 9.17) is 5.73 Å². The third kappa shape index (κ3) is 1.79. The topological polar surface area (TPSA) is 82.0 Å². The Balaban J connectivity index is 2.34. The number of rotatable bonds is 1. The molecule has 0 atom stereocenters.